The molecule has 0 amide bonds. The lowest BCUT2D eigenvalue weighted by molar-refractivity contribution is -0.104. The lowest BCUT2D eigenvalue weighted by atomic mass is 9.47. The van der Waals surface area contributed by atoms with E-state index < -0.39 is 0 Å². The highest BCUT2D eigenvalue weighted by Gasteiger charge is 2.58. The first-order valence-corrected chi connectivity index (χ1v) is 14.7. The predicted octanol–water partition coefficient (Wildman–Crippen LogP) is 10.8. The third-order valence-corrected chi connectivity index (χ3v) is 9.63. The monoisotopic (exact) mass is 472 g/mol. The van der Waals surface area contributed by atoms with Crippen LogP contribution in [0.1, 0.15) is 133 Å². The van der Waals surface area contributed by atoms with E-state index in [1.54, 1.807) is 0 Å². The highest BCUT2D eigenvalue weighted by Crippen LogP contribution is 2.66. The van der Waals surface area contributed by atoms with Crippen LogP contribution in [-0.4, -0.2) is 6.29 Å². The molecule has 0 heterocycles. The van der Waals surface area contributed by atoms with Crippen LogP contribution >= 0.6 is 0 Å². The van der Waals surface area contributed by atoms with Gasteiger partial charge < -0.3 is 0 Å². The molecule has 0 N–H and O–H groups in total. The third-order valence-electron chi connectivity index (χ3n) is 9.63. The summed E-state index contributed by atoms with van der Waals surface area (Å²) >= 11 is 0. The van der Waals surface area contributed by atoms with Crippen LogP contribution in [-0.2, 0) is 4.79 Å². The van der Waals surface area contributed by atoms with Crippen molar-refractivity contribution in [2.75, 3.05) is 0 Å². The molecule has 6 unspecified atom stereocenters. The molecule has 0 radical (unpaired) electrons. The molecule has 0 aromatic heterocycles. The Hall–Kier alpha value is -1.11. The van der Waals surface area contributed by atoms with Crippen molar-refractivity contribution in [3.05, 3.63) is 36.5 Å². The summed E-state index contributed by atoms with van der Waals surface area (Å²) in [6.07, 6.45) is 21.9. The second-order valence-electron chi connectivity index (χ2n) is 11.6. The number of carbonyl (C=O) groups is 1. The average Bonchev–Trinajstić information content (AvgIpc) is 3.18. The Bertz CT molecular complexity index is 664. The molecule has 3 saturated carbocycles. The molecule has 0 bridgehead atoms. The summed E-state index contributed by atoms with van der Waals surface area (Å²) in [5, 5.41) is 0. The predicted molar refractivity (Wildman–Crippen MR) is 154 cm³/mol. The van der Waals surface area contributed by atoms with E-state index in [0.717, 1.165) is 36.4 Å². The summed E-state index contributed by atoms with van der Waals surface area (Å²) in [7, 11) is 0. The first-order chi connectivity index (χ1) is 16.3. The highest BCUT2D eigenvalue weighted by molar-refractivity contribution is 5.66. The van der Waals surface area contributed by atoms with E-state index in [4.69, 9.17) is 0 Å². The molecule has 0 aliphatic heterocycles. The maximum Gasteiger partial charge on any atom is 0.142 e. The van der Waals surface area contributed by atoms with E-state index in [0.29, 0.717) is 5.41 Å². The minimum Gasteiger partial charge on any atom is -0.299 e. The lowest BCUT2D eigenvalue weighted by Crippen LogP contribution is -2.49. The van der Waals surface area contributed by atoms with Gasteiger partial charge in [0.15, 0.2) is 0 Å². The molecular weight excluding hydrogens is 412 g/mol. The van der Waals surface area contributed by atoms with Gasteiger partial charge in [0, 0.05) is 1.43 Å². The number of rotatable bonds is 9. The van der Waals surface area contributed by atoms with Crippen molar-refractivity contribution in [1.82, 2.24) is 0 Å². The van der Waals surface area contributed by atoms with Gasteiger partial charge in [0.2, 0.25) is 0 Å². The van der Waals surface area contributed by atoms with E-state index in [1.165, 1.54) is 88.2 Å². The molecule has 1 heteroatoms. The molecule has 6 atom stereocenters. The van der Waals surface area contributed by atoms with E-state index in [-0.39, 0.29) is 6.84 Å². The second kappa shape index (κ2) is 15.1. The normalized spacial score (nSPS) is 35.1. The highest BCUT2D eigenvalue weighted by atomic mass is 16.1. The van der Waals surface area contributed by atoms with Gasteiger partial charge in [0.25, 0.3) is 0 Å². The zero-order chi connectivity index (χ0) is 25.8. The minimum absolute atomic E-state index is 0. The van der Waals surface area contributed by atoms with Gasteiger partial charge in [0.1, 0.15) is 6.29 Å². The molecule has 34 heavy (non-hydrogen) atoms. The largest absolute Gasteiger partial charge is 0.299 e. The summed E-state index contributed by atoms with van der Waals surface area (Å²) in [5.74, 6) is 3.23. The van der Waals surface area contributed by atoms with Crippen molar-refractivity contribution in [2.24, 2.45) is 34.5 Å². The van der Waals surface area contributed by atoms with E-state index in [2.05, 4.69) is 47.8 Å². The number of fused-ring (bicyclic) bond motifs is 3. The number of hydrogen-bond acceptors (Lipinski definition) is 1. The smallest absolute Gasteiger partial charge is 0.142 e. The molecule has 0 aromatic rings. The van der Waals surface area contributed by atoms with Gasteiger partial charge >= 0.3 is 0 Å². The van der Waals surface area contributed by atoms with Crippen molar-refractivity contribution in [3.63, 3.8) is 0 Å². The van der Waals surface area contributed by atoms with Crippen LogP contribution in [0.25, 0.3) is 0 Å². The van der Waals surface area contributed by atoms with Crippen LogP contribution < -0.4 is 0 Å². The first kappa shape index (κ1) is 30.9. The van der Waals surface area contributed by atoms with Crippen molar-refractivity contribution in [3.8, 4) is 0 Å². The summed E-state index contributed by atoms with van der Waals surface area (Å²) in [5.41, 5.74) is 3.58. The molecule has 3 aliphatic rings. The van der Waals surface area contributed by atoms with Gasteiger partial charge in [-0.2, -0.15) is 0 Å². The van der Waals surface area contributed by atoms with Crippen LogP contribution in [0.15, 0.2) is 36.5 Å². The number of carbonyl (C=O) groups excluding carboxylic acids is 1. The van der Waals surface area contributed by atoms with Gasteiger partial charge in [0.05, 0.1) is 0 Å². The Morgan fingerprint density at radius 3 is 2.29 bits per heavy atom. The maximum atomic E-state index is 11.2. The lowest BCUT2D eigenvalue weighted by Gasteiger charge is -2.57. The molecule has 0 aromatic carbocycles. The van der Waals surface area contributed by atoms with Gasteiger partial charge in [-0.3, -0.25) is 4.79 Å². The second-order valence-corrected chi connectivity index (χ2v) is 11.6. The van der Waals surface area contributed by atoms with Gasteiger partial charge in [-0.05, 0) is 105 Å². The molecule has 1 nitrogen and oxygen atoms in total. The molecule has 0 saturated heterocycles. The number of allylic oxidation sites excluding steroid dienone is 4. The van der Waals surface area contributed by atoms with Gasteiger partial charge in [-0.15, -0.1) is 6.58 Å². The zero-order valence-corrected chi connectivity index (χ0v) is 24.1. The van der Waals surface area contributed by atoms with E-state index in [1.807, 2.05) is 26.0 Å². The van der Waals surface area contributed by atoms with Crippen LogP contribution in [0.4, 0.5) is 0 Å². The van der Waals surface area contributed by atoms with Crippen LogP contribution in [0.2, 0.25) is 0 Å². The minimum atomic E-state index is 0. The third kappa shape index (κ3) is 6.98. The molecule has 0 spiro atoms. The summed E-state index contributed by atoms with van der Waals surface area (Å²) in [6.45, 7) is 23.8. The van der Waals surface area contributed by atoms with Crippen LogP contribution in [0, 0.1) is 34.5 Å². The van der Waals surface area contributed by atoms with Crippen LogP contribution in [0.5, 0.6) is 0 Å². The fourth-order valence-corrected chi connectivity index (χ4v) is 8.07. The van der Waals surface area contributed by atoms with Crippen LogP contribution in [0.3, 0.4) is 0 Å². The van der Waals surface area contributed by atoms with Crippen molar-refractivity contribution in [1.29, 1.82) is 0 Å². The Morgan fingerprint density at radius 1 is 1.03 bits per heavy atom. The Morgan fingerprint density at radius 2 is 1.74 bits per heavy atom. The Balaban J connectivity index is 0.000000902. The topological polar surface area (TPSA) is 17.1 Å². The fourth-order valence-electron chi connectivity index (χ4n) is 8.07. The van der Waals surface area contributed by atoms with E-state index in [9.17, 15) is 4.79 Å². The van der Waals surface area contributed by atoms with E-state index >= 15 is 0 Å². The summed E-state index contributed by atoms with van der Waals surface area (Å²) in [4.78, 5) is 11.2. The van der Waals surface area contributed by atoms with Gasteiger partial charge in [-0.25, -0.2) is 0 Å². The summed E-state index contributed by atoms with van der Waals surface area (Å²) < 4.78 is 0. The standard InChI is InChI=1S/C23H36O.C8H16.C2H6.H2/c1-6-13-22(4)17(12-15-24)7-8-18-20-10-9-19(16(2)3)23(20,5)14-11-21(18)22;1-3-5-7-8-6-4-2;1-2;/h12,15,18-21H,2,6-11,13-14H2,1,3-5H3;3H,1,4-8H2,2H3;1-2H3;1H/b17-12-;;;. The SMILES string of the molecule is C=C(C)C1CCC2C3CC/C(=C/C=O)C(C)(CCC)C3CCC12C.C=CCCCCCC.CC.[HH]. The molecular formula is C33H60O. The quantitative estimate of drug-likeness (QED) is 0.141. The number of aldehydes is 1. The average molecular weight is 473 g/mol. The van der Waals surface area contributed by atoms with Crippen molar-refractivity contribution >= 4 is 6.29 Å². The van der Waals surface area contributed by atoms with Gasteiger partial charge in [-0.1, -0.05) is 91.0 Å². The first-order valence-electron chi connectivity index (χ1n) is 14.7. The molecule has 3 rings (SSSR count). The number of unbranched alkanes of at least 4 members (excludes halogenated alkanes) is 4. The zero-order valence-electron chi connectivity index (χ0n) is 24.1. The summed E-state index contributed by atoms with van der Waals surface area (Å²) in [6, 6.07) is 0. The Kier molecular flexibility index (Phi) is 13.7. The Labute approximate surface area is 215 Å². The maximum absolute atomic E-state index is 11.2. The number of hydrogen-bond donors (Lipinski definition) is 0. The molecule has 3 aliphatic carbocycles. The molecule has 198 valence electrons. The molecule has 3 fully saturated rings. The fraction of sp³-hybridized carbons (Fsp3) is 0.788. The van der Waals surface area contributed by atoms with Crippen molar-refractivity contribution in [2.45, 2.75) is 132 Å². The van der Waals surface area contributed by atoms with Crippen molar-refractivity contribution < 1.29 is 6.22 Å².